The van der Waals surface area contributed by atoms with E-state index in [-0.39, 0.29) is 25.0 Å². The lowest BCUT2D eigenvalue weighted by Gasteiger charge is -2.16. The van der Waals surface area contributed by atoms with E-state index in [2.05, 4.69) is 0 Å². The molecule has 0 aromatic heterocycles. The summed E-state index contributed by atoms with van der Waals surface area (Å²) in [7, 11) is 0. The van der Waals surface area contributed by atoms with Crippen LogP contribution in [0.25, 0.3) is 0 Å². The molecule has 3 nitrogen and oxygen atoms in total. The molecule has 18 heavy (non-hydrogen) atoms. The van der Waals surface area contributed by atoms with Crippen molar-refractivity contribution < 1.29 is 18.7 Å². The van der Waals surface area contributed by atoms with Crippen molar-refractivity contribution in [2.45, 2.75) is 37.5 Å². The van der Waals surface area contributed by atoms with E-state index < -0.39 is 17.7 Å². The van der Waals surface area contributed by atoms with Gasteiger partial charge in [0.15, 0.2) is 0 Å². The Morgan fingerprint density at radius 3 is 2.78 bits per heavy atom. The molecule has 0 aliphatic heterocycles. The first-order chi connectivity index (χ1) is 8.39. The molecule has 1 amide bonds. The number of primary amides is 1. The Labute approximate surface area is 104 Å². The first kappa shape index (κ1) is 12.8. The number of hydrogen-bond acceptors (Lipinski definition) is 2. The largest absolute Gasteiger partial charge is 0.508 e. The number of phenols is 1. The Balaban J connectivity index is 2.34. The summed E-state index contributed by atoms with van der Waals surface area (Å²) in [5.74, 6) is -3.66. The molecule has 3 N–H and O–H groups in total. The molecule has 0 saturated heterocycles. The van der Waals surface area contributed by atoms with Gasteiger partial charge in [-0.25, -0.2) is 8.78 Å². The molecule has 1 atom stereocenters. The lowest BCUT2D eigenvalue weighted by Crippen LogP contribution is -2.16. The third-order valence-electron chi connectivity index (χ3n) is 3.35. The van der Waals surface area contributed by atoms with Gasteiger partial charge in [0.25, 0.3) is 0 Å². The lowest BCUT2D eigenvalue weighted by atomic mass is 9.90. The number of aromatic hydroxyl groups is 1. The Morgan fingerprint density at radius 1 is 1.50 bits per heavy atom. The van der Waals surface area contributed by atoms with Crippen LogP contribution in [0.15, 0.2) is 18.2 Å². The summed E-state index contributed by atoms with van der Waals surface area (Å²) in [6, 6.07) is 4.69. The summed E-state index contributed by atoms with van der Waals surface area (Å²) < 4.78 is 26.5. The fourth-order valence-electron chi connectivity index (χ4n) is 2.61. The van der Waals surface area contributed by atoms with Gasteiger partial charge in [-0.15, -0.1) is 0 Å². The summed E-state index contributed by atoms with van der Waals surface area (Å²) >= 11 is 0. The molecule has 1 unspecified atom stereocenters. The van der Waals surface area contributed by atoms with Crippen LogP contribution in [0.1, 0.15) is 36.3 Å². The van der Waals surface area contributed by atoms with Gasteiger partial charge in [0.2, 0.25) is 11.8 Å². The van der Waals surface area contributed by atoms with Crippen LogP contribution in [0.2, 0.25) is 0 Å². The van der Waals surface area contributed by atoms with E-state index >= 15 is 0 Å². The number of alkyl halides is 2. The fraction of sp³-hybridized carbons (Fsp3) is 0.462. The summed E-state index contributed by atoms with van der Waals surface area (Å²) in [6.07, 6.45) is -0.180. The number of halogens is 2. The number of carbonyl (C=O) groups is 1. The Bertz CT molecular complexity index is 474. The van der Waals surface area contributed by atoms with Crippen LogP contribution in [0.5, 0.6) is 5.75 Å². The van der Waals surface area contributed by atoms with Gasteiger partial charge in [-0.3, -0.25) is 4.79 Å². The fourth-order valence-corrected chi connectivity index (χ4v) is 2.61. The monoisotopic (exact) mass is 255 g/mol. The molecule has 98 valence electrons. The number of carbonyl (C=O) groups excluding carboxylic acids is 1. The van der Waals surface area contributed by atoms with Crippen molar-refractivity contribution in [3.63, 3.8) is 0 Å². The van der Waals surface area contributed by atoms with Crippen LogP contribution in [0.4, 0.5) is 8.78 Å². The summed E-state index contributed by atoms with van der Waals surface area (Å²) in [6.45, 7) is 0. The molecule has 1 aromatic rings. The highest BCUT2D eigenvalue weighted by atomic mass is 19.3. The second-order valence-electron chi connectivity index (χ2n) is 4.79. The lowest BCUT2D eigenvalue weighted by molar-refractivity contribution is -0.117. The van der Waals surface area contributed by atoms with Gasteiger partial charge in [-0.05, 0) is 24.0 Å². The van der Waals surface area contributed by atoms with Crippen LogP contribution in [0, 0.1) is 0 Å². The molecule has 2 rings (SSSR count). The molecule has 1 fully saturated rings. The molecule has 0 bridgehead atoms. The van der Waals surface area contributed by atoms with Crippen molar-refractivity contribution in [2.75, 3.05) is 0 Å². The second kappa shape index (κ2) is 4.55. The third-order valence-corrected chi connectivity index (χ3v) is 3.35. The number of benzene rings is 1. The zero-order chi connectivity index (χ0) is 13.3. The smallest absolute Gasteiger partial charge is 0.248 e. The molecular weight excluding hydrogens is 240 g/mol. The highest BCUT2D eigenvalue weighted by molar-refractivity contribution is 5.77. The number of amides is 1. The minimum Gasteiger partial charge on any atom is -0.508 e. The molecule has 0 spiro atoms. The van der Waals surface area contributed by atoms with Gasteiger partial charge in [-0.1, -0.05) is 12.1 Å². The van der Waals surface area contributed by atoms with Crippen LogP contribution in [-0.2, 0) is 11.2 Å². The Morgan fingerprint density at radius 2 is 2.22 bits per heavy atom. The van der Waals surface area contributed by atoms with Gasteiger partial charge in [0.05, 0.1) is 6.42 Å². The van der Waals surface area contributed by atoms with E-state index in [0.29, 0.717) is 17.5 Å². The minimum absolute atomic E-state index is 0.0311. The van der Waals surface area contributed by atoms with E-state index in [0.717, 1.165) is 0 Å². The maximum atomic E-state index is 13.2. The van der Waals surface area contributed by atoms with Crippen molar-refractivity contribution in [1.82, 2.24) is 0 Å². The van der Waals surface area contributed by atoms with Crippen molar-refractivity contribution in [2.24, 2.45) is 5.73 Å². The average molecular weight is 255 g/mol. The standard InChI is InChI=1S/C13H15F2NO2/c14-13(15)5-4-9(7-13)12-8(6-11(16)18)2-1-3-10(12)17/h1-3,9,17H,4-7H2,(H2,16,18). The predicted octanol–water partition coefficient (Wildman–Crippen LogP) is 2.32. The third kappa shape index (κ3) is 2.60. The maximum Gasteiger partial charge on any atom is 0.248 e. The first-order valence-corrected chi connectivity index (χ1v) is 5.86. The SMILES string of the molecule is NC(=O)Cc1cccc(O)c1C1CCC(F)(F)C1. The second-order valence-corrected chi connectivity index (χ2v) is 4.79. The van der Waals surface area contributed by atoms with E-state index in [9.17, 15) is 18.7 Å². The van der Waals surface area contributed by atoms with Crippen molar-refractivity contribution in [3.8, 4) is 5.75 Å². The van der Waals surface area contributed by atoms with E-state index in [4.69, 9.17) is 5.73 Å². The number of phenolic OH excluding ortho intramolecular Hbond substituents is 1. The summed E-state index contributed by atoms with van der Waals surface area (Å²) in [5.41, 5.74) is 6.13. The quantitative estimate of drug-likeness (QED) is 0.870. The Kier molecular flexibility index (Phi) is 3.24. The zero-order valence-corrected chi connectivity index (χ0v) is 9.83. The first-order valence-electron chi connectivity index (χ1n) is 5.86. The van der Waals surface area contributed by atoms with Crippen LogP contribution in [-0.4, -0.2) is 16.9 Å². The van der Waals surface area contributed by atoms with E-state index in [1.807, 2.05) is 0 Å². The van der Waals surface area contributed by atoms with Crippen molar-refractivity contribution >= 4 is 5.91 Å². The molecule has 1 aromatic carbocycles. The molecule has 0 radical (unpaired) electrons. The van der Waals surface area contributed by atoms with Gasteiger partial charge < -0.3 is 10.8 Å². The molecule has 1 aliphatic rings. The average Bonchev–Trinajstić information content (AvgIpc) is 2.58. The van der Waals surface area contributed by atoms with Crippen molar-refractivity contribution in [3.05, 3.63) is 29.3 Å². The molecular formula is C13H15F2NO2. The molecule has 1 aliphatic carbocycles. The molecule has 1 saturated carbocycles. The zero-order valence-electron chi connectivity index (χ0n) is 9.83. The normalized spacial score (nSPS) is 22.0. The summed E-state index contributed by atoms with van der Waals surface area (Å²) in [5, 5.41) is 9.84. The number of nitrogens with two attached hydrogens (primary N) is 1. The maximum absolute atomic E-state index is 13.2. The highest BCUT2D eigenvalue weighted by Crippen LogP contribution is 2.47. The highest BCUT2D eigenvalue weighted by Gasteiger charge is 2.41. The van der Waals surface area contributed by atoms with E-state index in [1.165, 1.54) is 6.07 Å². The minimum atomic E-state index is -2.68. The molecule has 5 heteroatoms. The van der Waals surface area contributed by atoms with Crippen LogP contribution >= 0.6 is 0 Å². The van der Waals surface area contributed by atoms with Gasteiger partial charge in [-0.2, -0.15) is 0 Å². The van der Waals surface area contributed by atoms with Crippen molar-refractivity contribution in [1.29, 1.82) is 0 Å². The van der Waals surface area contributed by atoms with Gasteiger partial charge >= 0.3 is 0 Å². The number of hydrogen-bond donors (Lipinski definition) is 2. The summed E-state index contributed by atoms with van der Waals surface area (Å²) in [4.78, 5) is 11.0. The topological polar surface area (TPSA) is 63.3 Å². The van der Waals surface area contributed by atoms with Gasteiger partial charge in [0, 0.05) is 18.4 Å². The van der Waals surface area contributed by atoms with Crippen LogP contribution in [0.3, 0.4) is 0 Å². The molecule has 0 heterocycles. The van der Waals surface area contributed by atoms with E-state index in [1.54, 1.807) is 12.1 Å². The number of rotatable bonds is 3. The Hall–Kier alpha value is -1.65. The predicted molar refractivity (Wildman–Crippen MR) is 62.5 cm³/mol. The van der Waals surface area contributed by atoms with Crippen LogP contribution < -0.4 is 5.73 Å². The van der Waals surface area contributed by atoms with Gasteiger partial charge in [0.1, 0.15) is 5.75 Å².